The van der Waals surface area contributed by atoms with Gasteiger partial charge in [0.25, 0.3) is 0 Å². The monoisotopic (exact) mass is 402 g/mol. The third-order valence-corrected chi connectivity index (χ3v) is 6.32. The summed E-state index contributed by atoms with van der Waals surface area (Å²) in [6, 6.07) is 5.87. The van der Waals surface area contributed by atoms with Crippen LogP contribution in [-0.4, -0.2) is 48.8 Å². The van der Waals surface area contributed by atoms with Crippen molar-refractivity contribution in [3.05, 3.63) is 61.5 Å². The summed E-state index contributed by atoms with van der Waals surface area (Å²) in [4.78, 5) is 15.5. The van der Waals surface area contributed by atoms with Gasteiger partial charge in [0, 0.05) is 48.2 Å². The van der Waals surface area contributed by atoms with E-state index in [1.54, 1.807) is 31.0 Å². The molecule has 5 rings (SSSR count). The van der Waals surface area contributed by atoms with Gasteiger partial charge in [-0.25, -0.2) is 9.97 Å². The number of piperidine rings is 1. The van der Waals surface area contributed by atoms with E-state index in [2.05, 4.69) is 58.2 Å². The highest BCUT2D eigenvalue weighted by Crippen LogP contribution is 2.39. The van der Waals surface area contributed by atoms with Gasteiger partial charge >= 0.3 is 0 Å². The molecular weight excluding hydrogens is 376 g/mol. The summed E-state index contributed by atoms with van der Waals surface area (Å²) in [6.07, 6.45) is 15.4. The molecule has 7 nitrogen and oxygen atoms in total. The molecule has 0 aliphatic carbocycles. The van der Waals surface area contributed by atoms with Crippen LogP contribution >= 0.6 is 0 Å². The van der Waals surface area contributed by atoms with Gasteiger partial charge in [-0.3, -0.25) is 10.3 Å². The zero-order chi connectivity index (χ0) is 20.9. The van der Waals surface area contributed by atoms with Crippen molar-refractivity contribution in [2.75, 3.05) is 11.9 Å². The molecule has 2 aliphatic heterocycles. The van der Waals surface area contributed by atoms with Crippen molar-refractivity contribution in [1.29, 1.82) is 0 Å². The Morgan fingerprint density at radius 1 is 1.13 bits per heavy atom. The van der Waals surface area contributed by atoms with E-state index in [1.807, 2.05) is 22.9 Å². The number of nitrogens with one attached hydrogen (secondary N) is 1. The highest BCUT2D eigenvalue weighted by molar-refractivity contribution is 5.68. The number of anilines is 1. The van der Waals surface area contributed by atoms with Crippen LogP contribution in [0.25, 0.3) is 16.9 Å². The molecule has 0 spiro atoms. The van der Waals surface area contributed by atoms with Crippen molar-refractivity contribution in [1.82, 2.24) is 24.8 Å². The molecule has 30 heavy (non-hydrogen) atoms. The van der Waals surface area contributed by atoms with Crippen LogP contribution < -0.4 is 10.2 Å². The highest BCUT2D eigenvalue weighted by atomic mass is 16.3. The van der Waals surface area contributed by atoms with E-state index in [-0.39, 0.29) is 16.8 Å². The van der Waals surface area contributed by atoms with Crippen molar-refractivity contribution in [3.63, 3.8) is 0 Å². The molecule has 0 amide bonds. The number of phenols is 1. The van der Waals surface area contributed by atoms with Gasteiger partial charge in [-0.1, -0.05) is 12.2 Å². The number of fused-ring (bicyclic) bond motifs is 2. The Bertz CT molecular complexity index is 1070. The standard InChI is InChI=1S/C23H26N6O/c1-22-6-7-23(2,27-22)12-17(11-22)28(3)21-14-25-19(13-26-21)18-5-4-16(10-20(18)30)29-9-8-24-15-29/h4-10,13-15,17,27,30H,11-12H2,1-3H3/t17?,22-,23+. The summed E-state index contributed by atoms with van der Waals surface area (Å²) in [5.74, 6) is 1.00. The normalized spacial score (nSPS) is 27.4. The fourth-order valence-electron chi connectivity index (χ4n) is 4.81. The molecule has 2 aliphatic rings. The topological polar surface area (TPSA) is 79.1 Å². The van der Waals surface area contributed by atoms with Gasteiger partial charge in [0.15, 0.2) is 0 Å². The molecule has 2 bridgehead atoms. The fraction of sp³-hybridized carbons (Fsp3) is 0.348. The lowest BCUT2D eigenvalue weighted by Gasteiger charge is -2.45. The second-order valence-corrected chi connectivity index (χ2v) is 8.90. The molecule has 1 aromatic carbocycles. The molecule has 0 saturated carbocycles. The zero-order valence-electron chi connectivity index (χ0n) is 17.4. The van der Waals surface area contributed by atoms with Gasteiger partial charge < -0.3 is 14.6 Å². The summed E-state index contributed by atoms with van der Waals surface area (Å²) in [7, 11) is 2.09. The predicted octanol–water partition coefficient (Wildman–Crippen LogP) is 3.31. The first-order valence-electron chi connectivity index (χ1n) is 10.2. The molecule has 3 aromatic rings. The molecular formula is C23H26N6O. The van der Waals surface area contributed by atoms with Crippen LogP contribution in [-0.2, 0) is 0 Å². The predicted molar refractivity (Wildman–Crippen MR) is 117 cm³/mol. The number of phenolic OH excluding ortho intramolecular Hbond substituents is 1. The van der Waals surface area contributed by atoms with Gasteiger partial charge in [0.05, 0.1) is 30.1 Å². The number of aromatic hydroxyl groups is 1. The Balaban J connectivity index is 1.36. The Morgan fingerprint density at radius 2 is 1.90 bits per heavy atom. The number of rotatable bonds is 4. The molecule has 4 heterocycles. The Kier molecular flexibility index (Phi) is 4.18. The van der Waals surface area contributed by atoms with E-state index in [1.165, 1.54) is 0 Å². The lowest BCUT2D eigenvalue weighted by molar-refractivity contribution is 0.227. The van der Waals surface area contributed by atoms with E-state index < -0.39 is 0 Å². The van der Waals surface area contributed by atoms with Crippen molar-refractivity contribution in [2.45, 2.75) is 43.8 Å². The third-order valence-electron chi connectivity index (χ3n) is 6.32. The number of benzene rings is 1. The number of imidazole rings is 1. The first-order valence-corrected chi connectivity index (χ1v) is 10.2. The summed E-state index contributed by atoms with van der Waals surface area (Å²) in [5.41, 5.74) is 2.20. The average Bonchev–Trinajstić information content (AvgIpc) is 3.33. The van der Waals surface area contributed by atoms with Crippen LogP contribution in [0, 0.1) is 0 Å². The maximum atomic E-state index is 10.5. The molecule has 2 N–H and O–H groups in total. The Labute approximate surface area is 176 Å². The van der Waals surface area contributed by atoms with Crippen LogP contribution in [0.15, 0.2) is 61.5 Å². The molecule has 7 heteroatoms. The maximum absolute atomic E-state index is 10.5. The molecule has 1 unspecified atom stereocenters. The highest BCUT2D eigenvalue weighted by Gasteiger charge is 2.46. The van der Waals surface area contributed by atoms with E-state index >= 15 is 0 Å². The number of hydrogen-bond donors (Lipinski definition) is 2. The number of aromatic nitrogens is 4. The van der Waals surface area contributed by atoms with Crippen LogP contribution in [0.4, 0.5) is 5.82 Å². The quantitative estimate of drug-likeness (QED) is 0.652. The fourth-order valence-corrected chi connectivity index (χ4v) is 4.81. The number of hydrogen-bond acceptors (Lipinski definition) is 6. The second kappa shape index (κ2) is 6.67. The van der Waals surface area contributed by atoms with Gasteiger partial charge in [-0.2, -0.15) is 0 Å². The maximum Gasteiger partial charge on any atom is 0.147 e. The SMILES string of the molecule is CN(c1cnc(-c2ccc(-n3ccnc3)cc2O)cn1)C1C[C@]2(C)C=C[C@](C)(C1)N2. The lowest BCUT2D eigenvalue weighted by Crippen LogP contribution is -2.59. The average molecular weight is 403 g/mol. The number of nitrogens with zero attached hydrogens (tertiary/aromatic N) is 5. The minimum absolute atomic E-state index is 0.0298. The van der Waals surface area contributed by atoms with Crippen LogP contribution in [0.3, 0.4) is 0 Å². The molecule has 3 atom stereocenters. The van der Waals surface area contributed by atoms with Crippen LogP contribution in [0.1, 0.15) is 26.7 Å². The van der Waals surface area contributed by atoms with E-state index in [4.69, 9.17) is 0 Å². The van der Waals surface area contributed by atoms with Gasteiger partial charge in [-0.15, -0.1) is 0 Å². The minimum atomic E-state index is 0.0298. The Hall–Kier alpha value is -3.19. The van der Waals surface area contributed by atoms with Crippen molar-refractivity contribution < 1.29 is 5.11 Å². The van der Waals surface area contributed by atoms with Crippen molar-refractivity contribution in [3.8, 4) is 22.7 Å². The van der Waals surface area contributed by atoms with E-state index in [0.717, 1.165) is 24.3 Å². The molecule has 1 saturated heterocycles. The molecule has 154 valence electrons. The molecule has 2 aromatic heterocycles. The molecule has 0 radical (unpaired) electrons. The summed E-state index contributed by atoms with van der Waals surface area (Å²) >= 11 is 0. The summed E-state index contributed by atoms with van der Waals surface area (Å²) < 4.78 is 1.84. The van der Waals surface area contributed by atoms with Gasteiger partial charge in [-0.05, 0) is 38.8 Å². The van der Waals surface area contributed by atoms with Crippen molar-refractivity contribution >= 4 is 5.82 Å². The van der Waals surface area contributed by atoms with E-state index in [9.17, 15) is 5.11 Å². The van der Waals surface area contributed by atoms with Crippen LogP contribution in [0.5, 0.6) is 5.75 Å². The largest absolute Gasteiger partial charge is 0.507 e. The summed E-state index contributed by atoms with van der Waals surface area (Å²) in [6.45, 7) is 4.50. The smallest absolute Gasteiger partial charge is 0.147 e. The molecule has 1 fully saturated rings. The minimum Gasteiger partial charge on any atom is -0.507 e. The lowest BCUT2D eigenvalue weighted by atomic mass is 9.83. The Morgan fingerprint density at radius 3 is 2.50 bits per heavy atom. The summed E-state index contributed by atoms with van der Waals surface area (Å²) in [5, 5.41) is 14.2. The first kappa shape index (κ1) is 18.8. The van der Waals surface area contributed by atoms with Crippen molar-refractivity contribution in [2.24, 2.45) is 0 Å². The van der Waals surface area contributed by atoms with Gasteiger partial charge in [0.2, 0.25) is 0 Å². The van der Waals surface area contributed by atoms with E-state index in [0.29, 0.717) is 17.3 Å². The second-order valence-electron chi connectivity index (χ2n) is 8.90. The first-order chi connectivity index (χ1) is 14.3. The zero-order valence-corrected chi connectivity index (χ0v) is 17.4. The van der Waals surface area contributed by atoms with Crippen LogP contribution in [0.2, 0.25) is 0 Å². The third kappa shape index (κ3) is 3.25. The van der Waals surface area contributed by atoms with Gasteiger partial charge in [0.1, 0.15) is 11.6 Å².